The van der Waals surface area contributed by atoms with Crippen molar-refractivity contribution in [2.75, 3.05) is 0 Å². The summed E-state index contributed by atoms with van der Waals surface area (Å²) < 4.78 is 2.50. The first kappa shape index (κ1) is 12.5. The Kier molecular flexibility index (Phi) is 3.20. The van der Waals surface area contributed by atoms with Crippen LogP contribution in [0.4, 0.5) is 0 Å². The Morgan fingerprint density at radius 1 is 1.42 bits per heavy atom. The monoisotopic (exact) mass is 335 g/mol. The molecule has 0 radical (unpaired) electrons. The number of rotatable bonds is 2. The van der Waals surface area contributed by atoms with Gasteiger partial charge in [0.15, 0.2) is 0 Å². The lowest BCUT2D eigenvalue weighted by Gasteiger charge is -2.04. The van der Waals surface area contributed by atoms with Gasteiger partial charge in [-0.1, -0.05) is 15.9 Å². The minimum absolute atomic E-state index is 0.0387. The highest BCUT2D eigenvalue weighted by molar-refractivity contribution is 9.10. The predicted molar refractivity (Wildman–Crippen MR) is 79.7 cm³/mol. The Bertz CT molecular complexity index is 809. The molecule has 3 rings (SSSR count). The van der Waals surface area contributed by atoms with Crippen molar-refractivity contribution >= 4 is 38.2 Å². The number of thiazole rings is 1. The van der Waals surface area contributed by atoms with Gasteiger partial charge in [0.1, 0.15) is 0 Å². The van der Waals surface area contributed by atoms with Gasteiger partial charge in [-0.25, -0.2) is 9.97 Å². The van der Waals surface area contributed by atoms with Crippen LogP contribution in [0.3, 0.4) is 0 Å². The van der Waals surface area contributed by atoms with E-state index in [4.69, 9.17) is 0 Å². The van der Waals surface area contributed by atoms with Gasteiger partial charge in [0.2, 0.25) is 0 Å². The van der Waals surface area contributed by atoms with E-state index in [2.05, 4.69) is 25.9 Å². The van der Waals surface area contributed by atoms with Crippen LogP contribution in [0.2, 0.25) is 0 Å². The van der Waals surface area contributed by atoms with Gasteiger partial charge in [-0.2, -0.15) is 0 Å². The maximum atomic E-state index is 12.3. The topological polar surface area (TPSA) is 47.8 Å². The van der Waals surface area contributed by atoms with Gasteiger partial charge < -0.3 is 0 Å². The van der Waals surface area contributed by atoms with Crippen LogP contribution in [0.25, 0.3) is 10.9 Å². The molecular weight excluding hydrogens is 326 g/mol. The van der Waals surface area contributed by atoms with Crippen molar-refractivity contribution in [2.24, 2.45) is 0 Å². The number of benzene rings is 1. The van der Waals surface area contributed by atoms with Crippen molar-refractivity contribution in [3.8, 4) is 0 Å². The Hall–Kier alpha value is -1.53. The maximum Gasteiger partial charge on any atom is 0.261 e. The lowest BCUT2D eigenvalue weighted by molar-refractivity contribution is 0.732. The first-order valence-corrected chi connectivity index (χ1v) is 7.36. The third-order valence-electron chi connectivity index (χ3n) is 2.79. The molecule has 0 amide bonds. The quantitative estimate of drug-likeness (QED) is 0.723. The molecule has 0 fully saturated rings. The Balaban J connectivity index is 2.08. The van der Waals surface area contributed by atoms with E-state index in [1.165, 1.54) is 0 Å². The fraction of sp³-hybridized carbons (Fsp3) is 0.154. The van der Waals surface area contributed by atoms with Crippen LogP contribution in [0.5, 0.6) is 0 Å². The van der Waals surface area contributed by atoms with Crippen molar-refractivity contribution in [3.63, 3.8) is 0 Å². The molecule has 0 unspecified atom stereocenters. The van der Waals surface area contributed by atoms with Crippen molar-refractivity contribution < 1.29 is 0 Å². The zero-order valence-corrected chi connectivity index (χ0v) is 12.5. The second kappa shape index (κ2) is 4.86. The van der Waals surface area contributed by atoms with Gasteiger partial charge in [0, 0.05) is 9.85 Å². The van der Waals surface area contributed by atoms with Crippen molar-refractivity contribution in [3.05, 3.63) is 55.4 Å². The van der Waals surface area contributed by atoms with Crippen molar-refractivity contribution in [1.82, 2.24) is 14.5 Å². The highest BCUT2D eigenvalue weighted by Gasteiger charge is 2.06. The zero-order chi connectivity index (χ0) is 13.4. The number of hydrogen-bond acceptors (Lipinski definition) is 4. The summed E-state index contributed by atoms with van der Waals surface area (Å²) in [5, 5.41) is 3.59. The van der Waals surface area contributed by atoms with Gasteiger partial charge >= 0.3 is 0 Å². The molecular formula is C13H10BrN3OS. The molecule has 0 aliphatic heterocycles. The third kappa shape index (κ3) is 2.46. The van der Waals surface area contributed by atoms with Crippen LogP contribution in [0.1, 0.15) is 10.7 Å². The number of nitrogens with zero attached hydrogens (tertiary/aromatic N) is 3. The first-order valence-electron chi connectivity index (χ1n) is 5.69. The van der Waals surface area contributed by atoms with Gasteiger partial charge in [0.05, 0.1) is 34.5 Å². The van der Waals surface area contributed by atoms with Crippen LogP contribution >= 0.6 is 27.3 Å². The molecule has 4 nitrogen and oxygen atoms in total. The standard InChI is InChI=1S/C13H10BrN3OS/c1-8-16-10(6-19-8)5-17-7-15-12-4-9(14)2-3-11(12)13(17)18/h2-4,6-7H,5H2,1H3. The fourth-order valence-electron chi connectivity index (χ4n) is 1.90. The summed E-state index contributed by atoms with van der Waals surface area (Å²) in [5.74, 6) is 0. The van der Waals surface area contributed by atoms with Crippen LogP contribution < -0.4 is 5.56 Å². The summed E-state index contributed by atoms with van der Waals surface area (Å²) in [6.07, 6.45) is 1.58. The number of halogens is 1. The van der Waals surface area contributed by atoms with E-state index in [1.54, 1.807) is 28.3 Å². The summed E-state index contributed by atoms with van der Waals surface area (Å²) in [6.45, 7) is 2.41. The van der Waals surface area contributed by atoms with Crippen LogP contribution in [0.15, 0.2) is 39.2 Å². The average molecular weight is 336 g/mol. The summed E-state index contributed by atoms with van der Waals surface area (Å²) in [6, 6.07) is 5.48. The van der Waals surface area contributed by atoms with E-state index in [1.807, 2.05) is 24.4 Å². The van der Waals surface area contributed by atoms with E-state index in [0.29, 0.717) is 17.4 Å². The van der Waals surface area contributed by atoms with Crippen LogP contribution in [-0.4, -0.2) is 14.5 Å². The number of aryl methyl sites for hydroxylation is 1. The Morgan fingerprint density at radius 3 is 3.00 bits per heavy atom. The molecule has 6 heteroatoms. The number of hydrogen-bond donors (Lipinski definition) is 0. The van der Waals surface area contributed by atoms with Gasteiger partial charge in [-0.15, -0.1) is 11.3 Å². The largest absolute Gasteiger partial charge is 0.293 e. The first-order chi connectivity index (χ1) is 9.13. The Labute approximate surface area is 121 Å². The molecule has 96 valence electrons. The molecule has 2 aromatic heterocycles. The van der Waals surface area contributed by atoms with Gasteiger partial charge in [-0.05, 0) is 25.1 Å². The molecule has 0 atom stereocenters. The molecule has 0 bridgehead atoms. The molecule has 0 aliphatic carbocycles. The second-order valence-corrected chi connectivity index (χ2v) is 6.17. The molecule has 0 saturated carbocycles. The summed E-state index contributed by atoms with van der Waals surface area (Å²) in [4.78, 5) is 21.0. The maximum absolute atomic E-state index is 12.3. The van der Waals surface area contributed by atoms with E-state index in [0.717, 1.165) is 15.2 Å². The highest BCUT2D eigenvalue weighted by atomic mass is 79.9. The normalized spacial score (nSPS) is 11.1. The fourth-order valence-corrected chi connectivity index (χ4v) is 2.85. The van der Waals surface area contributed by atoms with Crippen LogP contribution in [0, 0.1) is 6.92 Å². The minimum Gasteiger partial charge on any atom is -0.293 e. The molecule has 2 heterocycles. The number of aromatic nitrogens is 3. The number of fused-ring (bicyclic) bond motifs is 1. The predicted octanol–water partition coefficient (Wildman–Crippen LogP) is 2.97. The summed E-state index contributed by atoms with van der Waals surface area (Å²) >= 11 is 4.96. The minimum atomic E-state index is -0.0387. The van der Waals surface area contributed by atoms with E-state index in [9.17, 15) is 4.79 Å². The van der Waals surface area contributed by atoms with Gasteiger partial charge in [0.25, 0.3) is 5.56 Å². The lowest BCUT2D eigenvalue weighted by Crippen LogP contribution is -2.21. The molecule has 3 aromatic rings. The average Bonchev–Trinajstić information content (AvgIpc) is 2.78. The lowest BCUT2D eigenvalue weighted by atomic mass is 10.2. The summed E-state index contributed by atoms with van der Waals surface area (Å²) in [7, 11) is 0. The highest BCUT2D eigenvalue weighted by Crippen LogP contribution is 2.15. The molecule has 0 N–H and O–H groups in total. The SMILES string of the molecule is Cc1nc(Cn2cnc3cc(Br)ccc3c2=O)cs1. The molecule has 19 heavy (non-hydrogen) atoms. The van der Waals surface area contributed by atoms with Gasteiger partial charge in [-0.3, -0.25) is 9.36 Å². The second-order valence-electron chi connectivity index (χ2n) is 4.20. The summed E-state index contributed by atoms with van der Waals surface area (Å²) in [5.41, 5.74) is 1.55. The van der Waals surface area contributed by atoms with Crippen molar-refractivity contribution in [2.45, 2.75) is 13.5 Å². The molecule has 0 saturated heterocycles. The third-order valence-corrected chi connectivity index (χ3v) is 4.10. The zero-order valence-electron chi connectivity index (χ0n) is 10.1. The van der Waals surface area contributed by atoms with E-state index in [-0.39, 0.29) is 5.56 Å². The smallest absolute Gasteiger partial charge is 0.261 e. The van der Waals surface area contributed by atoms with Crippen molar-refractivity contribution in [1.29, 1.82) is 0 Å². The van der Waals surface area contributed by atoms with E-state index < -0.39 is 0 Å². The van der Waals surface area contributed by atoms with E-state index >= 15 is 0 Å². The Morgan fingerprint density at radius 2 is 2.26 bits per heavy atom. The van der Waals surface area contributed by atoms with Crippen LogP contribution in [-0.2, 0) is 6.54 Å². The molecule has 1 aromatic carbocycles. The molecule has 0 aliphatic rings. The molecule has 0 spiro atoms.